The van der Waals surface area contributed by atoms with Gasteiger partial charge in [-0.3, -0.25) is 0 Å². The number of hydrogen-bond acceptors (Lipinski definition) is 5. The lowest BCUT2D eigenvalue weighted by Crippen LogP contribution is -2.45. The zero-order chi connectivity index (χ0) is 9.26. The lowest BCUT2D eigenvalue weighted by atomic mass is 10.2. The van der Waals surface area contributed by atoms with Gasteiger partial charge in [0, 0.05) is 13.1 Å². The lowest BCUT2D eigenvalue weighted by Gasteiger charge is -2.35. The van der Waals surface area contributed by atoms with E-state index in [2.05, 4.69) is 27.5 Å². The molecule has 0 aromatic carbocycles. The molecular weight excluding hydrogens is 186 g/mol. The van der Waals surface area contributed by atoms with E-state index in [1.54, 1.807) is 0 Å². The predicted molar refractivity (Wildman–Crippen MR) is 52.1 cm³/mol. The van der Waals surface area contributed by atoms with E-state index in [4.69, 9.17) is 4.74 Å². The van der Waals surface area contributed by atoms with Crippen molar-refractivity contribution in [3.8, 4) is 0 Å². The van der Waals surface area contributed by atoms with Crippen molar-refractivity contribution in [2.45, 2.75) is 26.1 Å². The first-order valence-electron chi connectivity index (χ1n) is 4.43. The number of ether oxygens (including phenoxy) is 1. The quantitative estimate of drug-likeness (QED) is 0.680. The lowest BCUT2D eigenvalue weighted by molar-refractivity contribution is -0.00541. The van der Waals surface area contributed by atoms with Gasteiger partial charge >= 0.3 is 0 Å². The van der Waals surface area contributed by atoms with Crippen LogP contribution >= 0.6 is 11.7 Å². The standard InChI is InChI=1S/C8H13N3OS/c1-6-4-11(5-7(2)12-6)8-3-9-13-10-8/h3,6-7H,4-5H2,1-2H3/t6-,7+. The van der Waals surface area contributed by atoms with Crippen LogP contribution in [0.5, 0.6) is 0 Å². The van der Waals surface area contributed by atoms with E-state index >= 15 is 0 Å². The van der Waals surface area contributed by atoms with Crippen molar-refractivity contribution in [3.63, 3.8) is 0 Å². The first kappa shape index (κ1) is 8.90. The Labute approximate surface area is 81.9 Å². The summed E-state index contributed by atoms with van der Waals surface area (Å²) in [5.41, 5.74) is 0. The highest BCUT2D eigenvalue weighted by Gasteiger charge is 2.23. The fraction of sp³-hybridized carbons (Fsp3) is 0.750. The van der Waals surface area contributed by atoms with Gasteiger partial charge in [-0.25, -0.2) is 0 Å². The molecule has 1 aromatic rings. The molecule has 0 unspecified atom stereocenters. The third-order valence-electron chi connectivity index (χ3n) is 2.09. The molecular formula is C8H13N3OS. The van der Waals surface area contributed by atoms with Gasteiger partial charge in [0.15, 0.2) is 5.82 Å². The molecule has 1 aromatic heterocycles. The molecule has 72 valence electrons. The van der Waals surface area contributed by atoms with Gasteiger partial charge in [0.2, 0.25) is 0 Å². The summed E-state index contributed by atoms with van der Waals surface area (Å²) in [4.78, 5) is 2.22. The third kappa shape index (κ3) is 1.97. The van der Waals surface area contributed by atoms with Crippen LogP contribution in [0, 0.1) is 0 Å². The molecule has 0 saturated carbocycles. The summed E-state index contributed by atoms with van der Waals surface area (Å²) in [6, 6.07) is 0. The molecule has 0 spiro atoms. The summed E-state index contributed by atoms with van der Waals surface area (Å²) >= 11 is 1.25. The highest BCUT2D eigenvalue weighted by atomic mass is 32.1. The normalized spacial score (nSPS) is 29.2. The molecule has 2 heterocycles. The van der Waals surface area contributed by atoms with Gasteiger partial charge in [0.05, 0.1) is 30.1 Å². The van der Waals surface area contributed by atoms with E-state index in [-0.39, 0.29) is 12.2 Å². The number of morpholine rings is 1. The number of aromatic nitrogens is 2. The molecule has 13 heavy (non-hydrogen) atoms. The third-order valence-corrected chi connectivity index (χ3v) is 2.56. The van der Waals surface area contributed by atoms with Crippen molar-refractivity contribution in [2.24, 2.45) is 0 Å². The molecule has 2 atom stereocenters. The van der Waals surface area contributed by atoms with Crippen LogP contribution in [0.1, 0.15) is 13.8 Å². The Hall–Kier alpha value is -0.680. The van der Waals surface area contributed by atoms with Gasteiger partial charge in [-0.2, -0.15) is 8.75 Å². The Morgan fingerprint density at radius 1 is 1.46 bits per heavy atom. The SMILES string of the molecule is C[C@@H]1CN(c2cnsn2)C[C@H](C)O1. The molecule has 2 rings (SSSR count). The van der Waals surface area contributed by atoms with Crippen LogP contribution < -0.4 is 4.90 Å². The van der Waals surface area contributed by atoms with Gasteiger partial charge in [-0.1, -0.05) is 0 Å². The summed E-state index contributed by atoms with van der Waals surface area (Å²) in [6.07, 6.45) is 2.38. The maximum absolute atomic E-state index is 5.63. The molecule has 1 fully saturated rings. The molecule has 1 aliphatic rings. The smallest absolute Gasteiger partial charge is 0.162 e. The Morgan fingerprint density at radius 2 is 2.15 bits per heavy atom. The monoisotopic (exact) mass is 199 g/mol. The first-order valence-corrected chi connectivity index (χ1v) is 5.16. The summed E-state index contributed by atoms with van der Waals surface area (Å²) in [5.74, 6) is 0.979. The summed E-state index contributed by atoms with van der Waals surface area (Å²) in [5, 5.41) is 0. The van der Waals surface area contributed by atoms with Crippen LogP contribution in [0.3, 0.4) is 0 Å². The van der Waals surface area contributed by atoms with Crippen LogP contribution in [0.2, 0.25) is 0 Å². The van der Waals surface area contributed by atoms with Crippen LogP contribution in [-0.2, 0) is 4.74 Å². The Morgan fingerprint density at radius 3 is 2.69 bits per heavy atom. The number of anilines is 1. The minimum atomic E-state index is 0.283. The Balaban J connectivity index is 2.07. The highest BCUT2D eigenvalue weighted by Crippen LogP contribution is 2.17. The molecule has 0 amide bonds. The summed E-state index contributed by atoms with van der Waals surface area (Å²) in [6.45, 7) is 6.00. The summed E-state index contributed by atoms with van der Waals surface area (Å²) in [7, 11) is 0. The van der Waals surface area contributed by atoms with E-state index < -0.39 is 0 Å². The zero-order valence-electron chi connectivity index (χ0n) is 7.80. The highest BCUT2D eigenvalue weighted by molar-refractivity contribution is 6.99. The van der Waals surface area contributed by atoms with Crippen molar-refractivity contribution < 1.29 is 4.74 Å². The van der Waals surface area contributed by atoms with E-state index in [9.17, 15) is 0 Å². The summed E-state index contributed by atoms with van der Waals surface area (Å²) < 4.78 is 13.8. The van der Waals surface area contributed by atoms with Crippen molar-refractivity contribution >= 4 is 17.5 Å². The molecule has 1 saturated heterocycles. The first-order chi connectivity index (χ1) is 6.25. The number of nitrogens with zero attached hydrogens (tertiary/aromatic N) is 3. The molecule has 0 bridgehead atoms. The van der Waals surface area contributed by atoms with E-state index in [0.29, 0.717) is 0 Å². The van der Waals surface area contributed by atoms with Gasteiger partial charge < -0.3 is 9.64 Å². The fourth-order valence-corrected chi connectivity index (χ4v) is 2.10. The minimum Gasteiger partial charge on any atom is -0.372 e. The number of hydrogen-bond donors (Lipinski definition) is 0. The van der Waals surface area contributed by atoms with Crippen molar-refractivity contribution in [3.05, 3.63) is 6.20 Å². The van der Waals surface area contributed by atoms with Crippen LogP contribution in [-0.4, -0.2) is 34.0 Å². The topological polar surface area (TPSA) is 38.2 Å². The zero-order valence-corrected chi connectivity index (χ0v) is 8.62. The molecule has 5 heteroatoms. The average molecular weight is 199 g/mol. The van der Waals surface area contributed by atoms with Crippen molar-refractivity contribution in [2.75, 3.05) is 18.0 Å². The predicted octanol–water partition coefficient (Wildman–Crippen LogP) is 1.15. The van der Waals surface area contributed by atoms with Gasteiger partial charge in [0.1, 0.15) is 0 Å². The second kappa shape index (κ2) is 3.59. The molecule has 0 N–H and O–H groups in total. The average Bonchev–Trinajstić information content (AvgIpc) is 2.53. The van der Waals surface area contributed by atoms with Gasteiger partial charge in [-0.15, -0.1) is 0 Å². The fourth-order valence-electron chi connectivity index (χ4n) is 1.66. The molecule has 1 aliphatic heterocycles. The molecule has 0 aliphatic carbocycles. The van der Waals surface area contributed by atoms with Crippen molar-refractivity contribution in [1.82, 2.24) is 8.75 Å². The Bertz CT molecular complexity index is 254. The largest absolute Gasteiger partial charge is 0.372 e. The van der Waals surface area contributed by atoms with E-state index in [1.165, 1.54) is 11.7 Å². The number of rotatable bonds is 1. The minimum absolute atomic E-state index is 0.283. The maximum atomic E-state index is 5.63. The second-order valence-electron chi connectivity index (χ2n) is 3.43. The van der Waals surface area contributed by atoms with Crippen LogP contribution in [0.4, 0.5) is 5.82 Å². The molecule has 0 radical (unpaired) electrons. The van der Waals surface area contributed by atoms with Crippen LogP contribution in [0.15, 0.2) is 6.20 Å². The van der Waals surface area contributed by atoms with Crippen molar-refractivity contribution in [1.29, 1.82) is 0 Å². The Kier molecular flexibility index (Phi) is 2.46. The van der Waals surface area contributed by atoms with Crippen LogP contribution in [0.25, 0.3) is 0 Å². The van der Waals surface area contributed by atoms with Gasteiger partial charge in [-0.05, 0) is 13.8 Å². The second-order valence-corrected chi connectivity index (χ2v) is 3.98. The maximum Gasteiger partial charge on any atom is 0.162 e. The molecule has 4 nitrogen and oxygen atoms in total. The van der Waals surface area contributed by atoms with E-state index in [1.807, 2.05) is 6.20 Å². The van der Waals surface area contributed by atoms with E-state index in [0.717, 1.165) is 18.9 Å². The van der Waals surface area contributed by atoms with Gasteiger partial charge in [0.25, 0.3) is 0 Å².